The van der Waals surface area contributed by atoms with E-state index in [-0.39, 0.29) is 5.54 Å². The zero-order valence-electron chi connectivity index (χ0n) is 20.2. The third-order valence-electron chi connectivity index (χ3n) is 7.38. The molecule has 4 heteroatoms. The molecule has 3 aromatic carbocycles. The summed E-state index contributed by atoms with van der Waals surface area (Å²) in [5.74, 6) is -0.840. The average Bonchev–Trinajstić information content (AvgIpc) is 3.18. The van der Waals surface area contributed by atoms with Gasteiger partial charge in [0, 0.05) is 18.0 Å². The quantitative estimate of drug-likeness (QED) is 0.383. The van der Waals surface area contributed by atoms with Crippen LogP contribution in [0.15, 0.2) is 54.1 Å². The lowest BCUT2D eigenvalue weighted by Gasteiger charge is -2.49. The number of carboxylic acid groups (broad SMARTS) is 1. The first kappa shape index (κ1) is 22.5. The number of nitrogens with zero attached hydrogens (tertiary/aromatic N) is 1. The maximum atomic E-state index is 12.7. The van der Waals surface area contributed by atoms with Crippen molar-refractivity contribution in [1.82, 2.24) is 10.4 Å². The van der Waals surface area contributed by atoms with Crippen molar-refractivity contribution < 1.29 is 9.90 Å². The fourth-order valence-electron chi connectivity index (χ4n) is 5.17. The summed E-state index contributed by atoms with van der Waals surface area (Å²) in [4.78, 5) is 12.7. The fourth-order valence-corrected chi connectivity index (χ4v) is 5.17. The molecule has 3 aromatic rings. The number of hydrogen-bond acceptors (Lipinski definition) is 3. The summed E-state index contributed by atoms with van der Waals surface area (Å²) in [6.07, 6.45) is 3.00. The second-order valence-corrected chi connectivity index (χ2v) is 10.8. The molecule has 4 rings (SSSR count). The van der Waals surface area contributed by atoms with Crippen LogP contribution in [0.3, 0.4) is 0 Å². The van der Waals surface area contributed by atoms with Crippen LogP contribution >= 0.6 is 0 Å². The highest BCUT2D eigenvalue weighted by Crippen LogP contribution is 2.49. The molecule has 0 saturated carbocycles. The number of nitrogens with one attached hydrogen (secondary N) is 1. The van der Waals surface area contributed by atoms with Gasteiger partial charge in [-0.25, -0.2) is 10.4 Å². The zero-order chi connectivity index (χ0) is 23.5. The van der Waals surface area contributed by atoms with Crippen LogP contribution in [-0.2, 0) is 11.2 Å². The maximum absolute atomic E-state index is 12.7. The van der Waals surface area contributed by atoms with Crippen molar-refractivity contribution in [3.8, 4) is 0 Å². The van der Waals surface area contributed by atoms with Gasteiger partial charge in [0.1, 0.15) is 5.54 Å². The Labute approximate surface area is 190 Å². The normalized spacial score (nSPS) is 16.3. The molecule has 0 aromatic heterocycles. The van der Waals surface area contributed by atoms with Gasteiger partial charge in [0.15, 0.2) is 0 Å². The molecule has 1 atom stereocenters. The Bertz CT molecular complexity index is 1250. The first-order valence-electron chi connectivity index (χ1n) is 11.3. The van der Waals surface area contributed by atoms with Gasteiger partial charge in [-0.05, 0) is 66.8 Å². The molecule has 0 aliphatic heterocycles. The van der Waals surface area contributed by atoms with E-state index in [9.17, 15) is 9.90 Å². The molecule has 0 unspecified atom stereocenters. The van der Waals surface area contributed by atoms with Crippen molar-refractivity contribution in [1.29, 1.82) is 0 Å². The van der Waals surface area contributed by atoms with Crippen molar-refractivity contribution in [2.75, 3.05) is 7.05 Å². The van der Waals surface area contributed by atoms with Crippen LogP contribution in [-0.4, -0.2) is 34.2 Å². The molecule has 0 heterocycles. The van der Waals surface area contributed by atoms with Gasteiger partial charge < -0.3 is 5.11 Å². The first-order chi connectivity index (χ1) is 14.9. The molecule has 32 heavy (non-hydrogen) atoms. The molecule has 0 spiro atoms. The third-order valence-corrected chi connectivity index (χ3v) is 7.38. The number of benzene rings is 3. The molecule has 1 aliphatic rings. The highest BCUT2D eigenvalue weighted by Gasteiger charge is 2.53. The molecule has 168 valence electrons. The van der Waals surface area contributed by atoms with Gasteiger partial charge in [0.2, 0.25) is 0 Å². The zero-order valence-corrected chi connectivity index (χ0v) is 20.2. The Balaban J connectivity index is 1.88. The Morgan fingerprint density at radius 3 is 1.91 bits per heavy atom. The van der Waals surface area contributed by atoms with Gasteiger partial charge in [0.25, 0.3) is 0 Å². The van der Waals surface area contributed by atoms with E-state index in [4.69, 9.17) is 0 Å². The van der Waals surface area contributed by atoms with E-state index in [1.165, 1.54) is 32.7 Å². The molecule has 4 nitrogen and oxygen atoms in total. The molecule has 0 radical (unpaired) electrons. The van der Waals surface area contributed by atoms with Crippen LogP contribution in [0.25, 0.3) is 27.6 Å². The SMILES string of the molecule is CN(NC(C)(C)C)[C@](C)(C(=O)O)C(C)(C)C1=Cc2c(c3ccccc3c3ccccc23)C1. The number of likely N-dealkylation sites (N-methyl/N-ethyl adjacent to an activating group) is 1. The highest BCUT2D eigenvalue weighted by atomic mass is 16.4. The number of aliphatic carboxylic acids is 1. The number of hydrazine groups is 1. The summed E-state index contributed by atoms with van der Waals surface area (Å²) in [6, 6.07) is 17.1. The standard InChI is InChI=1S/C28H34N2O2/c1-26(2,3)29-30(7)28(6,25(31)32)27(4,5)18-16-23-21-14-10-8-12-19(21)20-13-9-11-15-22(20)24(23)17-18/h8-16,29H,17H2,1-7H3,(H,31,32)/t28-/m1/s1. The van der Waals surface area contributed by atoms with Crippen LogP contribution in [0.5, 0.6) is 0 Å². The maximum Gasteiger partial charge on any atom is 0.326 e. The number of carbonyl (C=O) groups is 1. The smallest absolute Gasteiger partial charge is 0.326 e. The average molecular weight is 431 g/mol. The van der Waals surface area contributed by atoms with Crippen LogP contribution in [0.1, 0.15) is 52.7 Å². The molecule has 0 saturated heterocycles. The fraction of sp³-hybridized carbons (Fsp3) is 0.393. The lowest BCUT2D eigenvalue weighted by molar-refractivity contribution is -0.161. The Kier molecular flexibility index (Phi) is 5.22. The second-order valence-electron chi connectivity index (χ2n) is 10.8. The topological polar surface area (TPSA) is 52.6 Å². The number of hydrogen-bond donors (Lipinski definition) is 2. The summed E-state index contributed by atoms with van der Waals surface area (Å²) in [6.45, 7) is 12.1. The third kappa shape index (κ3) is 3.33. The number of fused-ring (bicyclic) bond motifs is 6. The van der Waals surface area contributed by atoms with Gasteiger partial charge in [0.05, 0.1) is 0 Å². The van der Waals surface area contributed by atoms with Gasteiger partial charge in [-0.3, -0.25) is 4.79 Å². The van der Waals surface area contributed by atoms with E-state index < -0.39 is 16.9 Å². The molecule has 0 amide bonds. The minimum absolute atomic E-state index is 0.249. The first-order valence-corrected chi connectivity index (χ1v) is 11.3. The predicted octanol–water partition coefficient (Wildman–Crippen LogP) is 6.04. The highest BCUT2D eigenvalue weighted by molar-refractivity contribution is 6.13. The molecule has 0 fully saturated rings. The molecular formula is C28H34N2O2. The minimum Gasteiger partial charge on any atom is -0.480 e. The Morgan fingerprint density at radius 1 is 0.875 bits per heavy atom. The lowest BCUT2D eigenvalue weighted by atomic mass is 9.67. The van der Waals surface area contributed by atoms with E-state index >= 15 is 0 Å². The van der Waals surface area contributed by atoms with Crippen molar-refractivity contribution in [3.63, 3.8) is 0 Å². The largest absolute Gasteiger partial charge is 0.480 e. The summed E-state index contributed by atoms with van der Waals surface area (Å²) in [5.41, 5.74) is 5.00. The second kappa shape index (κ2) is 7.43. The van der Waals surface area contributed by atoms with Crippen LogP contribution in [0.2, 0.25) is 0 Å². The van der Waals surface area contributed by atoms with E-state index in [0.29, 0.717) is 0 Å². The Hall–Kier alpha value is -2.69. The minimum atomic E-state index is -1.15. The Morgan fingerprint density at radius 2 is 1.38 bits per heavy atom. The number of carboxylic acids is 1. The summed E-state index contributed by atoms with van der Waals surface area (Å²) in [5, 5.41) is 17.2. The predicted molar refractivity (Wildman–Crippen MR) is 134 cm³/mol. The molecular weight excluding hydrogens is 396 g/mol. The molecule has 2 N–H and O–H groups in total. The summed E-state index contributed by atoms with van der Waals surface area (Å²) < 4.78 is 0. The van der Waals surface area contributed by atoms with Crippen LogP contribution in [0.4, 0.5) is 0 Å². The van der Waals surface area contributed by atoms with Gasteiger partial charge in [-0.1, -0.05) is 74.0 Å². The summed E-state index contributed by atoms with van der Waals surface area (Å²) >= 11 is 0. The van der Waals surface area contributed by atoms with Gasteiger partial charge >= 0.3 is 5.97 Å². The van der Waals surface area contributed by atoms with Crippen molar-refractivity contribution in [2.24, 2.45) is 5.41 Å². The van der Waals surface area contributed by atoms with Crippen molar-refractivity contribution in [3.05, 3.63) is 65.2 Å². The van der Waals surface area contributed by atoms with E-state index in [0.717, 1.165) is 12.0 Å². The van der Waals surface area contributed by atoms with E-state index in [1.54, 1.807) is 5.01 Å². The van der Waals surface area contributed by atoms with Crippen molar-refractivity contribution >= 4 is 33.6 Å². The van der Waals surface area contributed by atoms with E-state index in [2.05, 4.69) is 73.9 Å². The molecule has 1 aliphatic carbocycles. The molecule has 0 bridgehead atoms. The lowest BCUT2D eigenvalue weighted by Crippen LogP contribution is -2.67. The number of rotatable bonds is 5. The van der Waals surface area contributed by atoms with Crippen LogP contribution in [0, 0.1) is 5.41 Å². The van der Waals surface area contributed by atoms with Crippen LogP contribution < -0.4 is 5.43 Å². The summed E-state index contributed by atoms with van der Waals surface area (Å²) in [7, 11) is 1.84. The van der Waals surface area contributed by atoms with Gasteiger partial charge in [-0.15, -0.1) is 0 Å². The van der Waals surface area contributed by atoms with Crippen molar-refractivity contribution in [2.45, 2.75) is 59.0 Å². The van der Waals surface area contributed by atoms with E-state index in [1.807, 2.05) is 34.7 Å². The monoisotopic (exact) mass is 430 g/mol. The van der Waals surface area contributed by atoms with Gasteiger partial charge in [-0.2, -0.15) is 0 Å².